The summed E-state index contributed by atoms with van der Waals surface area (Å²) in [6, 6.07) is 1.73. The van der Waals surface area contributed by atoms with Gasteiger partial charge in [0.05, 0.1) is 29.1 Å². The van der Waals surface area contributed by atoms with E-state index in [0.29, 0.717) is 17.9 Å². The zero-order valence-corrected chi connectivity index (χ0v) is 12.9. The molecule has 1 atom stereocenters. The Morgan fingerprint density at radius 3 is 2.70 bits per heavy atom. The fourth-order valence-corrected chi connectivity index (χ4v) is 3.10. The third-order valence-electron chi connectivity index (χ3n) is 4.17. The van der Waals surface area contributed by atoms with Crippen molar-refractivity contribution in [3.05, 3.63) is 34.1 Å². The van der Waals surface area contributed by atoms with E-state index in [1.54, 1.807) is 14.0 Å². The van der Waals surface area contributed by atoms with E-state index < -0.39 is 17.4 Å². The monoisotopic (exact) mass is 317 g/mol. The van der Waals surface area contributed by atoms with Crippen molar-refractivity contribution >= 4 is 28.2 Å². The molecule has 1 fully saturated rings. The quantitative estimate of drug-likeness (QED) is 0.854. The van der Waals surface area contributed by atoms with Gasteiger partial charge in [-0.2, -0.15) is 0 Å². The number of nitrogens with zero attached hydrogens (tertiary/aromatic N) is 2. The smallest absolute Gasteiger partial charge is 0.264 e. The molecular weight excluding hydrogens is 301 g/mol. The molecule has 1 aliphatic rings. The van der Waals surface area contributed by atoms with Crippen LogP contribution in [0, 0.1) is 12.7 Å². The first-order valence-corrected chi connectivity index (χ1v) is 7.37. The summed E-state index contributed by atoms with van der Waals surface area (Å²) in [6.45, 7) is 1.61. The Kier molecular flexibility index (Phi) is 3.71. The molecule has 2 aromatic rings. The third-order valence-corrected chi connectivity index (χ3v) is 4.17. The summed E-state index contributed by atoms with van der Waals surface area (Å²) in [5.74, 6) is -0.544. The van der Waals surface area contributed by atoms with Crippen LogP contribution in [0.5, 0.6) is 0 Å². The number of Topliss-reactive ketones (excluding diaryl/α,β-unsaturated/α-hetero) is 2. The highest BCUT2D eigenvalue weighted by Crippen LogP contribution is 2.26. The molecule has 0 saturated heterocycles. The number of halogens is 1. The van der Waals surface area contributed by atoms with E-state index in [1.165, 1.54) is 16.7 Å². The molecule has 1 saturated carbocycles. The van der Waals surface area contributed by atoms with Crippen LogP contribution in [0.15, 0.2) is 16.9 Å². The lowest BCUT2D eigenvalue weighted by Gasteiger charge is -2.24. The molecule has 1 aromatic carbocycles. The summed E-state index contributed by atoms with van der Waals surface area (Å²) in [6.07, 6.45) is 0.404. The second kappa shape index (κ2) is 5.57. The highest BCUT2D eigenvalue weighted by atomic mass is 19.1. The molecular formula is C16H16FN3O3. The average Bonchev–Trinajstić information content (AvgIpc) is 2.47. The van der Waals surface area contributed by atoms with Crippen LogP contribution in [-0.4, -0.2) is 28.2 Å². The summed E-state index contributed by atoms with van der Waals surface area (Å²) >= 11 is 0. The molecule has 3 rings (SSSR count). The predicted molar refractivity (Wildman–Crippen MR) is 83.1 cm³/mol. The molecule has 0 spiro atoms. The standard InChI is InChI=1S/C16H16FN3O3/c1-8-19-12-6-9(17)5-11(18-2)15(12)16(23)20(8)13-4-3-10(21)7-14(13)22/h5-6,13,18H,3-4,7H2,1-2H3/t13-/m0/s1. The number of hydrogen-bond donors (Lipinski definition) is 1. The van der Waals surface area contributed by atoms with Gasteiger partial charge in [-0.05, 0) is 19.4 Å². The second-order valence-corrected chi connectivity index (χ2v) is 5.67. The molecule has 1 aromatic heterocycles. The molecule has 6 nitrogen and oxygen atoms in total. The Morgan fingerprint density at radius 2 is 2.04 bits per heavy atom. The minimum absolute atomic E-state index is 0.108. The van der Waals surface area contributed by atoms with Crippen molar-refractivity contribution in [2.24, 2.45) is 0 Å². The molecule has 0 amide bonds. The number of benzene rings is 1. The first kappa shape index (κ1) is 15.3. The van der Waals surface area contributed by atoms with Crippen molar-refractivity contribution in [3.63, 3.8) is 0 Å². The molecule has 1 aliphatic carbocycles. The number of anilines is 1. The molecule has 0 aliphatic heterocycles. The summed E-state index contributed by atoms with van der Waals surface area (Å²) in [7, 11) is 1.59. The van der Waals surface area contributed by atoms with Crippen LogP contribution in [0.25, 0.3) is 10.9 Å². The zero-order valence-electron chi connectivity index (χ0n) is 12.9. The maximum atomic E-state index is 13.6. The van der Waals surface area contributed by atoms with Gasteiger partial charge in [-0.25, -0.2) is 9.37 Å². The van der Waals surface area contributed by atoms with Crippen LogP contribution in [0.1, 0.15) is 31.1 Å². The SMILES string of the molecule is CNc1cc(F)cc2nc(C)n([C@H]3CCC(=O)CC3=O)c(=O)c12. The van der Waals surface area contributed by atoms with Gasteiger partial charge in [0.15, 0.2) is 5.78 Å². The minimum Gasteiger partial charge on any atom is -0.387 e. The van der Waals surface area contributed by atoms with Crippen LogP contribution in [0.4, 0.5) is 10.1 Å². The number of ketones is 2. The Bertz CT molecular complexity index is 888. The van der Waals surface area contributed by atoms with Gasteiger partial charge in [-0.3, -0.25) is 19.0 Å². The van der Waals surface area contributed by atoms with E-state index in [2.05, 4.69) is 10.3 Å². The maximum absolute atomic E-state index is 13.6. The zero-order chi connectivity index (χ0) is 16.7. The first-order chi connectivity index (χ1) is 10.9. The lowest BCUT2D eigenvalue weighted by molar-refractivity contribution is -0.132. The number of aryl methyl sites for hydroxylation is 1. The number of carbonyl (C=O) groups is 2. The lowest BCUT2D eigenvalue weighted by Crippen LogP contribution is -2.36. The van der Waals surface area contributed by atoms with Crippen LogP contribution in [0.3, 0.4) is 0 Å². The van der Waals surface area contributed by atoms with Gasteiger partial charge in [0.25, 0.3) is 5.56 Å². The minimum atomic E-state index is -0.688. The molecule has 0 radical (unpaired) electrons. The average molecular weight is 317 g/mol. The topological polar surface area (TPSA) is 81.1 Å². The van der Waals surface area contributed by atoms with Crippen molar-refractivity contribution < 1.29 is 14.0 Å². The molecule has 120 valence electrons. The van der Waals surface area contributed by atoms with E-state index in [-0.39, 0.29) is 35.3 Å². The molecule has 1 N–H and O–H groups in total. The van der Waals surface area contributed by atoms with E-state index in [4.69, 9.17) is 0 Å². The van der Waals surface area contributed by atoms with Crippen LogP contribution < -0.4 is 10.9 Å². The summed E-state index contributed by atoms with van der Waals surface area (Å²) in [4.78, 5) is 40.7. The van der Waals surface area contributed by atoms with Crippen LogP contribution in [0.2, 0.25) is 0 Å². The van der Waals surface area contributed by atoms with Crippen molar-refractivity contribution in [3.8, 4) is 0 Å². The van der Waals surface area contributed by atoms with Crippen LogP contribution >= 0.6 is 0 Å². The van der Waals surface area contributed by atoms with E-state index in [9.17, 15) is 18.8 Å². The molecule has 23 heavy (non-hydrogen) atoms. The second-order valence-electron chi connectivity index (χ2n) is 5.67. The van der Waals surface area contributed by atoms with Gasteiger partial charge in [-0.1, -0.05) is 0 Å². The van der Waals surface area contributed by atoms with Crippen LogP contribution in [-0.2, 0) is 9.59 Å². The molecule has 7 heteroatoms. The van der Waals surface area contributed by atoms with Crippen molar-refractivity contribution in [1.82, 2.24) is 9.55 Å². The van der Waals surface area contributed by atoms with Gasteiger partial charge >= 0.3 is 0 Å². The number of nitrogens with one attached hydrogen (secondary N) is 1. The highest BCUT2D eigenvalue weighted by molar-refractivity contribution is 6.03. The maximum Gasteiger partial charge on any atom is 0.264 e. The highest BCUT2D eigenvalue weighted by Gasteiger charge is 2.31. The Labute approximate surface area is 131 Å². The normalized spacial score (nSPS) is 18.5. The number of fused-ring (bicyclic) bond motifs is 1. The number of hydrogen-bond acceptors (Lipinski definition) is 5. The fraction of sp³-hybridized carbons (Fsp3) is 0.375. The molecule has 0 bridgehead atoms. The van der Waals surface area contributed by atoms with Gasteiger partial charge in [0.2, 0.25) is 0 Å². The fourth-order valence-electron chi connectivity index (χ4n) is 3.10. The van der Waals surface area contributed by atoms with E-state index >= 15 is 0 Å². The Balaban J connectivity index is 2.26. The number of aromatic nitrogens is 2. The summed E-state index contributed by atoms with van der Waals surface area (Å²) in [5.41, 5.74) is 0.169. The van der Waals surface area contributed by atoms with E-state index in [1.807, 2.05) is 0 Å². The summed E-state index contributed by atoms with van der Waals surface area (Å²) in [5, 5.41) is 3.03. The Morgan fingerprint density at radius 1 is 1.30 bits per heavy atom. The Hall–Kier alpha value is -2.57. The van der Waals surface area contributed by atoms with Gasteiger partial charge in [0, 0.05) is 19.5 Å². The third kappa shape index (κ3) is 2.52. The molecule has 1 heterocycles. The van der Waals surface area contributed by atoms with Crippen molar-refractivity contribution in [2.75, 3.05) is 12.4 Å². The van der Waals surface area contributed by atoms with Gasteiger partial charge < -0.3 is 5.32 Å². The predicted octanol–water partition coefficient (Wildman–Crippen LogP) is 1.75. The number of carbonyl (C=O) groups excluding carboxylic acids is 2. The van der Waals surface area contributed by atoms with Crippen molar-refractivity contribution in [1.29, 1.82) is 0 Å². The lowest BCUT2D eigenvalue weighted by atomic mass is 9.92. The van der Waals surface area contributed by atoms with Gasteiger partial charge in [0.1, 0.15) is 17.4 Å². The largest absolute Gasteiger partial charge is 0.387 e. The van der Waals surface area contributed by atoms with Crippen molar-refractivity contribution in [2.45, 2.75) is 32.2 Å². The summed E-state index contributed by atoms with van der Waals surface area (Å²) < 4.78 is 15.0. The van der Waals surface area contributed by atoms with Gasteiger partial charge in [-0.15, -0.1) is 0 Å². The first-order valence-electron chi connectivity index (χ1n) is 7.37. The van der Waals surface area contributed by atoms with E-state index in [0.717, 1.165) is 0 Å². The molecule has 0 unspecified atom stereocenters. The number of rotatable bonds is 2.